The van der Waals surface area contributed by atoms with E-state index in [1.54, 1.807) is 0 Å². The first kappa shape index (κ1) is 67.9. The molecule has 0 fully saturated rings. The van der Waals surface area contributed by atoms with Gasteiger partial charge in [0, 0.05) is 19.3 Å². The van der Waals surface area contributed by atoms with Crippen molar-refractivity contribution in [3.63, 3.8) is 0 Å². The first-order chi connectivity index (χ1) is 34.5. The molecule has 0 amide bonds. The molecule has 1 unspecified atom stereocenters. The minimum absolute atomic E-state index is 0.0676. The van der Waals surface area contributed by atoms with Crippen molar-refractivity contribution in [1.29, 1.82) is 0 Å². The molecular formula is C64H120O6. The highest BCUT2D eigenvalue weighted by atomic mass is 16.6. The summed E-state index contributed by atoms with van der Waals surface area (Å²) in [5.74, 6) is -0.848. The molecule has 0 aliphatic rings. The highest BCUT2D eigenvalue weighted by Gasteiger charge is 2.19. The molecule has 0 aliphatic carbocycles. The lowest BCUT2D eigenvalue weighted by Crippen LogP contribution is -2.30. The average Bonchev–Trinajstić information content (AvgIpc) is 3.36. The second-order valence-corrected chi connectivity index (χ2v) is 21.3. The predicted octanol–water partition coefficient (Wildman–Crippen LogP) is 21.1. The molecule has 6 heteroatoms. The summed E-state index contributed by atoms with van der Waals surface area (Å²) < 4.78 is 16.9. The van der Waals surface area contributed by atoms with Crippen molar-refractivity contribution in [3.05, 3.63) is 24.3 Å². The maximum absolute atomic E-state index is 12.9. The number of hydrogen-bond acceptors (Lipinski definition) is 6. The lowest BCUT2D eigenvalue weighted by Gasteiger charge is -2.18. The van der Waals surface area contributed by atoms with Gasteiger partial charge in [-0.3, -0.25) is 14.4 Å². The Labute approximate surface area is 436 Å². The van der Waals surface area contributed by atoms with Gasteiger partial charge in [0.05, 0.1) is 0 Å². The zero-order valence-corrected chi connectivity index (χ0v) is 47.3. The van der Waals surface area contributed by atoms with Gasteiger partial charge >= 0.3 is 17.9 Å². The van der Waals surface area contributed by atoms with Gasteiger partial charge in [-0.15, -0.1) is 0 Å². The fourth-order valence-electron chi connectivity index (χ4n) is 9.48. The summed E-state index contributed by atoms with van der Waals surface area (Å²) >= 11 is 0. The molecule has 0 heterocycles. The van der Waals surface area contributed by atoms with Crippen LogP contribution in [-0.4, -0.2) is 37.2 Å². The maximum Gasteiger partial charge on any atom is 0.306 e. The molecule has 0 radical (unpaired) electrons. The quantitative estimate of drug-likeness (QED) is 0.0261. The molecule has 0 aromatic carbocycles. The maximum atomic E-state index is 12.9. The normalized spacial score (nSPS) is 12.1. The molecule has 0 bridgehead atoms. The summed E-state index contributed by atoms with van der Waals surface area (Å²) in [6.07, 6.45) is 70.3. The summed E-state index contributed by atoms with van der Waals surface area (Å²) in [7, 11) is 0. The molecule has 70 heavy (non-hydrogen) atoms. The summed E-state index contributed by atoms with van der Waals surface area (Å²) in [6.45, 7) is 6.69. The fraction of sp³-hybridized carbons (Fsp3) is 0.891. The average molecular weight is 986 g/mol. The summed E-state index contributed by atoms with van der Waals surface area (Å²) in [5.41, 5.74) is 0. The van der Waals surface area contributed by atoms with E-state index in [1.807, 2.05) is 0 Å². The van der Waals surface area contributed by atoms with Crippen molar-refractivity contribution in [1.82, 2.24) is 0 Å². The van der Waals surface area contributed by atoms with Crippen LogP contribution in [0.15, 0.2) is 24.3 Å². The smallest absolute Gasteiger partial charge is 0.306 e. The van der Waals surface area contributed by atoms with E-state index in [1.165, 1.54) is 238 Å². The van der Waals surface area contributed by atoms with Crippen molar-refractivity contribution in [2.75, 3.05) is 13.2 Å². The second kappa shape index (κ2) is 59.5. The van der Waals surface area contributed by atoms with Crippen LogP contribution in [0.1, 0.15) is 348 Å². The first-order valence-corrected chi connectivity index (χ1v) is 31.3. The second-order valence-electron chi connectivity index (χ2n) is 21.3. The van der Waals surface area contributed by atoms with Gasteiger partial charge in [-0.1, -0.05) is 302 Å². The Morgan fingerprint density at radius 2 is 0.514 bits per heavy atom. The van der Waals surface area contributed by atoms with Crippen LogP contribution in [0, 0.1) is 0 Å². The zero-order valence-electron chi connectivity index (χ0n) is 47.3. The van der Waals surface area contributed by atoms with Crippen LogP contribution in [0.2, 0.25) is 0 Å². The molecule has 0 saturated heterocycles. The molecule has 0 N–H and O–H groups in total. The number of carbonyl (C=O) groups is 3. The van der Waals surface area contributed by atoms with E-state index in [0.717, 1.165) is 70.6 Å². The van der Waals surface area contributed by atoms with Crippen molar-refractivity contribution >= 4 is 17.9 Å². The number of rotatable bonds is 58. The number of ether oxygens (including phenoxy) is 3. The molecule has 0 aromatic rings. The van der Waals surface area contributed by atoms with E-state index in [2.05, 4.69) is 45.1 Å². The van der Waals surface area contributed by atoms with E-state index in [9.17, 15) is 14.4 Å². The van der Waals surface area contributed by atoms with Crippen molar-refractivity contribution in [2.24, 2.45) is 0 Å². The van der Waals surface area contributed by atoms with E-state index < -0.39 is 6.10 Å². The monoisotopic (exact) mass is 985 g/mol. The number of carbonyl (C=O) groups excluding carboxylic acids is 3. The number of hydrogen-bond donors (Lipinski definition) is 0. The third-order valence-electron chi connectivity index (χ3n) is 14.2. The van der Waals surface area contributed by atoms with Crippen LogP contribution in [-0.2, 0) is 28.6 Å². The van der Waals surface area contributed by atoms with Crippen LogP contribution >= 0.6 is 0 Å². The van der Waals surface area contributed by atoms with E-state index in [4.69, 9.17) is 14.2 Å². The molecule has 412 valence electrons. The van der Waals surface area contributed by atoms with E-state index in [-0.39, 0.29) is 31.1 Å². The molecule has 0 aliphatic heterocycles. The van der Waals surface area contributed by atoms with Gasteiger partial charge in [0.1, 0.15) is 13.2 Å². The minimum atomic E-state index is -0.770. The minimum Gasteiger partial charge on any atom is -0.462 e. The Balaban J connectivity index is 4.33. The Morgan fingerprint density at radius 3 is 0.800 bits per heavy atom. The number of allylic oxidation sites excluding steroid dienone is 4. The Hall–Kier alpha value is -2.11. The number of unbranched alkanes of at least 4 members (excludes halogenated alkanes) is 43. The third-order valence-corrected chi connectivity index (χ3v) is 14.2. The Kier molecular flexibility index (Phi) is 57.7. The number of esters is 3. The van der Waals surface area contributed by atoms with E-state index in [0.29, 0.717) is 19.3 Å². The topological polar surface area (TPSA) is 78.9 Å². The molecule has 0 aromatic heterocycles. The fourth-order valence-corrected chi connectivity index (χ4v) is 9.48. The van der Waals surface area contributed by atoms with Gasteiger partial charge in [-0.05, 0) is 51.4 Å². The standard InChI is InChI=1S/C64H120O6/c1-4-7-10-13-16-19-22-25-28-31-33-36-39-42-45-48-51-54-57-63(66)69-60-61(59-68-62(65)56-53-50-47-44-41-38-35-30-27-24-21-18-15-12-9-6-3)70-64(67)58-55-52-49-46-43-40-37-34-32-29-26-23-20-17-14-11-8-5-2/h19,22,28,31,61H,4-18,20-21,23-27,29-30,32-60H2,1-3H3/b22-19-,31-28-. The third kappa shape index (κ3) is 56.8. The predicted molar refractivity (Wildman–Crippen MR) is 303 cm³/mol. The van der Waals surface area contributed by atoms with Crippen LogP contribution in [0.3, 0.4) is 0 Å². The highest BCUT2D eigenvalue weighted by Crippen LogP contribution is 2.18. The van der Waals surface area contributed by atoms with Crippen LogP contribution in [0.4, 0.5) is 0 Å². The Bertz CT molecular complexity index is 1130. The molecule has 0 rings (SSSR count). The van der Waals surface area contributed by atoms with Gasteiger partial charge in [-0.25, -0.2) is 0 Å². The van der Waals surface area contributed by atoms with Gasteiger partial charge in [-0.2, -0.15) is 0 Å². The lowest BCUT2D eigenvalue weighted by molar-refractivity contribution is -0.167. The molecule has 1 atom stereocenters. The largest absolute Gasteiger partial charge is 0.462 e. The molecule has 6 nitrogen and oxygen atoms in total. The van der Waals surface area contributed by atoms with Crippen LogP contribution in [0.25, 0.3) is 0 Å². The summed E-state index contributed by atoms with van der Waals surface area (Å²) in [5, 5.41) is 0. The van der Waals surface area contributed by atoms with Crippen LogP contribution in [0.5, 0.6) is 0 Å². The summed E-state index contributed by atoms with van der Waals surface area (Å²) in [6, 6.07) is 0. The van der Waals surface area contributed by atoms with Gasteiger partial charge < -0.3 is 14.2 Å². The van der Waals surface area contributed by atoms with Gasteiger partial charge in [0.15, 0.2) is 6.10 Å². The molecular weight excluding hydrogens is 865 g/mol. The Morgan fingerprint density at radius 1 is 0.286 bits per heavy atom. The van der Waals surface area contributed by atoms with Crippen molar-refractivity contribution in [3.8, 4) is 0 Å². The van der Waals surface area contributed by atoms with Crippen LogP contribution < -0.4 is 0 Å². The first-order valence-electron chi connectivity index (χ1n) is 31.3. The molecule has 0 spiro atoms. The summed E-state index contributed by atoms with van der Waals surface area (Å²) in [4.78, 5) is 38.3. The van der Waals surface area contributed by atoms with E-state index >= 15 is 0 Å². The zero-order chi connectivity index (χ0) is 50.7. The van der Waals surface area contributed by atoms with Crippen molar-refractivity contribution < 1.29 is 28.6 Å². The molecule has 0 saturated carbocycles. The SMILES string of the molecule is CCCCCC/C=C\C/C=C\CCCCCCCCCC(=O)OCC(COC(=O)CCCCCCCCCCCCCCCCCC)OC(=O)CCCCCCCCCCCCCCCCCCCC. The lowest BCUT2D eigenvalue weighted by atomic mass is 10.0. The van der Waals surface area contributed by atoms with Gasteiger partial charge in [0.2, 0.25) is 0 Å². The highest BCUT2D eigenvalue weighted by molar-refractivity contribution is 5.71. The van der Waals surface area contributed by atoms with Crippen molar-refractivity contribution in [2.45, 2.75) is 354 Å². The van der Waals surface area contributed by atoms with Gasteiger partial charge in [0.25, 0.3) is 0 Å².